The molecular formula is C9H9BrFNO5. The lowest BCUT2D eigenvalue weighted by atomic mass is 10.0. The molecule has 0 heterocycles. The van der Waals surface area contributed by atoms with Crippen LogP contribution < -0.4 is 0 Å². The fourth-order valence-corrected chi connectivity index (χ4v) is 1.59. The molecule has 6 nitrogen and oxygen atoms in total. The summed E-state index contributed by atoms with van der Waals surface area (Å²) in [6.45, 7) is 0. The third-order valence-corrected chi connectivity index (χ3v) is 2.80. The number of aromatic hydroxyl groups is 1. The molecule has 94 valence electrons. The Labute approximate surface area is 104 Å². The number of hydrogen-bond acceptors (Lipinski definition) is 5. The number of rotatable bonds is 4. The molecule has 0 aromatic heterocycles. The maximum Gasteiger partial charge on any atom is 0.311 e. The Hall–Kier alpha value is -1.25. The normalized spacial score (nSPS) is 14.4. The van der Waals surface area contributed by atoms with Crippen LogP contribution in [0.4, 0.5) is 10.1 Å². The van der Waals surface area contributed by atoms with Crippen molar-refractivity contribution in [3.63, 3.8) is 0 Å². The first-order chi connectivity index (χ1) is 7.88. The second-order valence-electron chi connectivity index (χ2n) is 3.29. The number of nitro benzene ring substituents is 1. The van der Waals surface area contributed by atoms with Crippen LogP contribution in [-0.2, 0) is 0 Å². The van der Waals surface area contributed by atoms with E-state index in [0.29, 0.717) is 12.1 Å². The molecule has 8 heteroatoms. The molecule has 2 atom stereocenters. The summed E-state index contributed by atoms with van der Waals surface area (Å²) in [4.78, 5) is 9.61. The van der Waals surface area contributed by atoms with E-state index in [1.165, 1.54) is 0 Å². The summed E-state index contributed by atoms with van der Waals surface area (Å²) in [5, 5.41) is 38.5. The Morgan fingerprint density at radius 1 is 1.47 bits per heavy atom. The van der Waals surface area contributed by atoms with Gasteiger partial charge in [-0.05, 0) is 0 Å². The number of benzene rings is 1. The molecule has 0 amide bonds. The Kier molecular flexibility index (Phi) is 4.38. The molecule has 0 bridgehead atoms. The van der Waals surface area contributed by atoms with Crippen LogP contribution in [0.5, 0.6) is 5.75 Å². The number of nitrogens with zero attached hydrogens (tertiary/aromatic N) is 1. The zero-order chi connectivity index (χ0) is 13.2. The molecule has 17 heavy (non-hydrogen) atoms. The summed E-state index contributed by atoms with van der Waals surface area (Å²) in [6, 6.07) is 1.22. The molecule has 0 aliphatic heterocycles. The summed E-state index contributed by atoms with van der Waals surface area (Å²) >= 11 is 2.88. The lowest BCUT2D eigenvalue weighted by molar-refractivity contribution is -0.386. The van der Waals surface area contributed by atoms with Crippen LogP contribution in [0, 0.1) is 15.9 Å². The van der Waals surface area contributed by atoms with Crippen molar-refractivity contribution in [1.82, 2.24) is 0 Å². The molecule has 0 radical (unpaired) electrons. The molecule has 0 saturated heterocycles. The predicted octanol–water partition coefficient (Wildman–Crippen LogP) is 1.23. The maximum atomic E-state index is 13.4. The quantitative estimate of drug-likeness (QED) is 0.441. The number of aliphatic hydroxyl groups is 2. The predicted molar refractivity (Wildman–Crippen MR) is 59.5 cm³/mol. The van der Waals surface area contributed by atoms with Crippen LogP contribution >= 0.6 is 15.9 Å². The molecule has 2 unspecified atom stereocenters. The van der Waals surface area contributed by atoms with Gasteiger partial charge in [0, 0.05) is 23.0 Å². The Morgan fingerprint density at radius 2 is 2.06 bits per heavy atom. The number of nitro groups is 1. The van der Waals surface area contributed by atoms with E-state index >= 15 is 0 Å². The first-order valence-corrected chi connectivity index (χ1v) is 5.59. The SMILES string of the molecule is O=[N+]([O-])c1cc(C(O)C(O)CBr)c(F)cc1O. The molecule has 1 aromatic carbocycles. The first kappa shape index (κ1) is 13.8. The third-order valence-electron chi connectivity index (χ3n) is 2.13. The second kappa shape index (κ2) is 5.39. The van der Waals surface area contributed by atoms with Gasteiger partial charge in [0.2, 0.25) is 0 Å². The highest BCUT2D eigenvalue weighted by molar-refractivity contribution is 9.09. The lowest BCUT2D eigenvalue weighted by Gasteiger charge is -2.16. The number of hydrogen-bond donors (Lipinski definition) is 3. The van der Waals surface area contributed by atoms with Crippen molar-refractivity contribution in [2.75, 3.05) is 5.33 Å². The van der Waals surface area contributed by atoms with Crippen LogP contribution in [0.1, 0.15) is 11.7 Å². The zero-order valence-corrected chi connectivity index (χ0v) is 9.96. The highest BCUT2D eigenvalue weighted by Crippen LogP contribution is 2.32. The average Bonchev–Trinajstić information content (AvgIpc) is 2.26. The molecule has 0 aliphatic carbocycles. The van der Waals surface area contributed by atoms with Crippen molar-refractivity contribution in [3.05, 3.63) is 33.6 Å². The van der Waals surface area contributed by atoms with Crippen LogP contribution in [-0.4, -0.2) is 31.7 Å². The summed E-state index contributed by atoms with van der Waals surface area (Å²) in [6.07, 6.45) is -2.93. The van der Waals surface area contributed by atoms with E-state index in [9.17, 15) is 24.7 Å². The van der Waals surface area contributed by atoms with Crippen molar-refractivity contribution in [1.29, 1.82) is 0 Å². The van der Waals surface area contributed by atoms with Gasteiger partial charge in [0.05, 0.1) is 11.0 Å². The fourth-order valence-electron chi connectivity index (χ4n) is 1.23. The minimum atomic E-state index is -1.62. The molecule has 0 aliphatic rings. The van der Waals surface area contributed by atoms with Crippen molar-refractivity contribution >= 4 is 21.6 Å². The number of phenolic OH excluding ortho intramolecular Hbond substituents is 1. The zero-order valence-electron chi connectivity index (χ0n) is 8.38. The number of alkyl halides is 1. The minimum Gasteiger partial charge on any atom is -0.502 e. The van der Waals surface area contributed by atoms with E-state index in [1.807, 2.05) is 0 Å². The van der Waals surface area contributed by atoms with Crippen molar-refractivity contribution in [2.24, 2.45) is 0 Å². The second-order valence-corrected chi connectivity index (χ2v) is 3.93. The van der Waals surface area contributed by atoms with Gasteiger partial charge in [0.25, 0.3) is 0 Å². The van der Waals surface area contributed by atoms with E-state index in [0.717, 1.165) is 0 Å². The Balaban J connectivity index is 3.24. The first-order valence-electron chi connectivity index (χ1n) is 4.47. The molecule has 0 saturated carbocycles. The minimum absolute atomic E-state index is 0.0255. The van der Waals surface area contributed by atoms with Gasteiger partial charge in [-0.15, -0.1) is 0 Å². The van der Waals surface area contributed by atoms with E-state index in [4.69, 9.17) is 5.11 Å². The monoisotopic (exact) mass is 309 g/mol. The summed E-state index contributed by atoms with van der Waals surface area (Å²) < 4.78 is 13.4. The van der Waals surface area contributed by atoms with Gasteiger partial charge in [-0.3, -0.25) is 10.1 Å². The van der Waals surface area contributed by atoms with Gasteiger partial charge in [0.1, 0.15) is 11.9 Å². The van der Waals surface area contributed by atoms with Gasteiger partial charge in [0.15, 0.2) is 5.75 Å². The number of halogens is 2. The van der Waals surface area contributed by atoms with Crippen molar-refractivity contribution < 1.29 is 24.6 Å². The van der Waals surface area contributed by atoms with Gasteiger partial charge in [-0.2, -0.15) is 0 Å². The Morgan fingerprint density at radius 3 is 2.53 bits per heavy atom. The molecule has 0 fully saturated rings. The van der Waals surface area contributed by atoms with E-state index in [1.54, 1.807) is 0 Å². The van der Waals surface area contributed by atoms with E-state index in [-0.39, 0.29) is 5.33 Å². The molecule has 1 aromatic rings. The standard InChI is InChI=1S/C9H9BrFNO5/c10-3-8(14)9(15)4-1-6(12(16)17)7(13)2-5(4)11/h1-2,8-9,13-15H,3H2. The van der Waals surface area contributed by atoms with Crippen LogP contribution in [0.25, 0.3) is 0 Å². The van der Waals surface area contributed by atoms with Gasteiger partial charge in [-0.25, -0.2) is 4.39 Å². The summed E-state index contributed by atoms with van der Waals surface area (Å²) in [5.74, 6) is -1.86. The van der Waals surface area contributed by atoms with Crippen LogP contribution in [0.2, 0.25) is 0 Å². The molecular weight excluding hydrogens is 301 g/mol. The molecule has 3 N–H and O–H groups in total. The summed E-state index contributed by atoms with van der Waals surface area (Å²) in [5.41, 5.74) is -1.18. The highest BCUT2D eigenvalue weighted by atomic mass is 79.9. The van der Waals surface area contributed by atoms with Gasteiger partial charge < -0.3 is 15.3 Å². The highest BCUT2D eigenvalue weighted by Gasteiger charge is 2.25. The summed E-state index contributed by atoms with van der Waals surface area (Å²) in [7, 11) is 0. The Bertz CT molecular complexity index is 442. The van der Waals surface area contributed by atoms with Crippen molar-refractivity contribution in [2.45, 2.75) is 12.2 Å². The smallest absolute Gasteiger partial charge is 0.311 e. The van der Waals surface area contributed by atoms with E-state index in [2.05, 4.69) is 15.9 Å². The average molecular weight is 310 g/mol. The van der Waals surface area contributed by atoms with Gasteiger partial charge in [-0.1, -0.05) is 15.9 Å². The maximum absolute atomic E-state index is 13.4. The van der Waals surface area contributed by atoms with Crippen molar-refractivity contribution in [3.8, 4) is 5.75 Å². The van der Waals surface area contributed by atoms with Gasteiger partial charge >= 0.3 is 5.69 Å². The van der Waals surface area contributed by atoms with Crippen LogP contribution in [0.15, 0.2) is 12.1 Å². The fraction of sp³-hybridized carbons (Fsp3) is 0.333. The third kappa shape index (κ3) is 2.90. The van der Waals surface area contributed by atoms with E-state index < -0.39 is 39.9 Å². The topological polar surface area (TPSA) is 104 Å². The van der Waals surface area contributed by atoms with Crippen LogP contribution in [0.3, 0.4) is 0 Å². The largest absolute Gasteiger partial charge is 0.502 e. The number of aliphatic hydroxyl groups excluding tert-OH is 2. The number of phenols is 1. The molecule has 0 spiro atoms. The lowest BCUT2D eigenvalue weighted by Crippen LogP contribution is -2.20. The molecule has 1 rings (SSSR count).